The van der Waals surface area contributed by atoms with Gasteiger partial charge in [0.15, 0.2) is 5.78 Å². The third kappa shape index (κ3) is 4.26. The second-order valence-corrected chi connectivity index (χ2v) is 8.54. The fourth-order valence-electron chi connectivity index (χ4n) is 3.25. The Morgan fingerprint density at radius 2 is 1.70 bits per heavy atom. The summed E-state index contributed by atoms with van der Waals surface area (Å²) in [5.41, 5.74) is 0.897. The zero-order valence-electron chi connectivity index (χ0n) is 15.1. The Morgan fingerprint density at radius 1 is 1.04 bits per heavy atom. The Balaban J connectivity index is 1.75. The zero-order chi connectivity index (χ0) is 19.4. The Bertz CT molecular complexity index is 941. The van der Waals surface area contributed by atoms with Crippen LogP contribution >= 0.6 is 0 Å². The molecule has 2 aromatic rings. The maximum absolute atomic E-state index is 12.8. The first-order valence-corrected chi connectivity index (χ1v) is 10.3. The Kier molecular flexibility index (Phi) is 5.72. The molecule has 0 aliphatic carbocycles. The van der Waals surface area contributed by atoms with Gasteiger partial charge in [0.05, 0.1) is 16.5 Å². The van der Waals surface area contributed by atoms with Crippen molar-refractivity contribution in [2.45, 2.75) is 24.7 Å². The van der Waals surface area contributed by atoms with Crippen molar-refractivity contribution in [3.05, 3.63) is 60.2 Å². The molecule has 1 saturated heterocycles. The minimum Gasteiger partial charge on any atom is -0.325 e. The van der Waals surface area contributed by atoms with Gasteiger partial charge in [0.2, 0.25) is 15.9 Å². The summed E-state index contributed by atoms with van der Waals surface area (Å²) >= 11 is 0. The summed E-state index contributed by atoms with van der Waals surface area (Å²) in [4.78, 5) is 24.7. The summed E-state index contributed by atoms with van der Waals surface area (Å²) in [5, 5.41) is 2.79. The molecule has 6 nitrogen and oxygen atoms in total. The van der Waals surface area contributed by atoms with E-state index in [4.69, 9.17) is 0 Å². The van der Waals surface area contributed by atoms with E-state index in [1.54, 1.807) is 54.6 Å². The van der Waals surface area contributed by atoms with Crippen LogP contribution in [-0.4, -0.2) is 37.5 Å². The third-order valence-electron chi connectivity index (χ3n) is 4.70. The highest BCUT2D eigenvalue weighted by molar-refractivity contribution is 7.89. The number of ketones is 1. The molecule has 1 unspecified atom stereocenters. The maximum atomic E-state index is 12.8. The van der Waals surface area contributed by atoms with Crippen LogP contribution in [0.15, 0.2) is 59.5 Å². The highest BCUT2D eigenvalue weighted by atomic mass is 32.2. The Labute approximate surface area is 159 Å². The van der Waals surface area contributed by atoms with Crippen molar-refractivity contribution in [3.8, 4) is 0 Å². The Morgan fingerprint density at radius 3 is 2.41 bits per heavy atom. The molecule has 1 aliphatic rings. The van der Waals surface area contributed by atoms with Gasteiger partial charge in [0, 0.05) is 18.7 Å². The monoisotopic (exact) mass is 386 g/mol. The molecule has 0 aromatic heterocycles. The van der Waals surface area contributed by atoms with Gasteiger partial charge in [0.25, 0.3) is 0 Å². The molecular formula is C20H22N2O4S. The molecular weight excluding hydrogens is 364 g/mol. The number of piperidine rings is 1. The number of carbonyl (C=O) groups excluding carboxylic acids is 2. The number of nitrogens with zero attached hydrogens (tertiary/aromatic N) is 1. The second-order valence-electron chi connectivity index (χ2n) is 6.61. The van der Waals surface area contributed by atoms with Crippen molar-refractivity contribution in [1.82, 2.24) is 4.31 Å². The fraction of sp³-hybridized carbons (Fsp3) is 0.300. The van der Waals surface area contributed by atoms with Crippen LogP contribution in [0.4, 0.5) is 5.69 Å². The minimum absolute atomic E-state index is 0.130. The number of Topliss-reactive ketones (excluding diaryl/α,β-unsaturated/α-hetero) is 1. The number of hydrogen-bond acceptors (Lipinski definition) is 4. The molecule has 142 valence electrons. The van der Waals surface area contributed by atoms with Crippen molar-refractivity contribution in [1.29, 1.82) is 0 Å². The standard InChI is InChI=1S/C20H22N2O4S/c1-15(23)18-11-5-6-12-19(18)21-20(24)16-8-7-13-22(14-16)27(25,26)17-9-3-2-4-10-17/h2-6,9-12,16H,7-8,13-14H2,1H3,(H,21,24). The van der Waals surface area contributed by atoms with E-state index in [-0.39, 0.29) is 23.1 Å². The first-order valence-electron chi connectivity index (χ1n) is 8.85. The average Bonchev–Trinajstić information content (AvgIpc) is 2.69. The first-order chi connectivity index (χ1) is 12.9. The molecule has 0 radical (unpaired) electrons. The van der Waals surface area contributed by atoms with E-state index in [1.807, 2.05) is 0 Å². The lowest BCUT2D eigenvalue weighted by molar-refractivity contribution is -0.120. The molecule has 1 aliphatic heterocycles. The van der Waals surface area contributed by atoms with Gasteiger partial charge in [-0.1, -0.05) is 30.3 Å². The van der Waals surface area contributed by atoms with E-state index in [1.165, 1.54) is 11.2 Å². The third-order valence-corrected chi connectivity index (χ3v) is 6.58. The number of rotatable bonds is 5. The quantitative estimate of drug-likeness (QED) is 0.801. The van der Waals surface area contributed by atoms with Crippen LogP contribution in [0.1, 0.15) is 30.1 Å². The largest absolute Gasteiger partial charge is 0.325 e. The summed E-state index contributed by atoms with van der Waals surface area (Å²) in [5.74, 6) is -0.864. The summed E-state index contributed by atoms with van der Waals surface area (Å²) < 4.78 is 27.0. The molecule has 1 fully saturated rings. The van der Waals surface area contributed by atoms with Crippen molar-refractivity contribution in [2.75, 3.05) is 18.4 Å². The molecule has 2 aromatic carbocycles. The smallest absolute Gasteiger partial charge is 0.243 e. The molecule has 0 bridgehead atoms. The summed E-state index contributed by atoms with van der Waals surface area (Å²) in [6.45, 7) is 1.97. The number of nitrogens with one attached hydrogen (secondary N) is 1. The first kappa shape index (κ1) is 19.3. The predicted molar refractivity (Wildman–Crippen MR) is 103 cm³/mol. The molecule has 1 N–H and O–H groups in total. The van der Waals surface area contributed by atoms with Gasteiger partial charge in [-0.3, -0.25) is 9.59 Å². The topological polar surface area (TPSA) is 83.6 Å². The van der Waals surface area contributed by atoms with Gasteiger partial charge in [-0.2, -0.15) is 4.31 Å². The fourth-order valence-corrected chi connectivity index (χ4v) is 4.80. The van der Waals surface area contributed by atoms with Gasteiger partial charge in [0.1, 0.15) is 0 Å². The molecule has 1 atom stereocenters. The predicted octanol–water partition coefficient (Wildman–Crippen LogP) is 2.93. The van der Waals surface area contributed by atoms with E-state index < -0.39 is 15.9 Å². The van der Waals surface area contributed by atoms with Gasteiger partial charge in [-0.15, -0.1) is 0 Å². The van der Waals surface area contributed by atoms with Gasteiger partial charge in [-0.25, -0.2) is 8.42 Å². The van der Waals surface area contributed by atoms with Crippen molar-refractivity contribution < 1.29 is 18.0 Å². The van der Waals surface area contributed by atoms with E-state index >= 15 is 0 Å². The van der Waals surface area contributed by atoms with E-state index in [0.29, 0.717) is 30.6 Å². The van der Waals surface area contributed by atoms with Gasteiger partial charge < -0.3 is 5.32 Å². The van der Waals surface area contributed by atoms with Crippen molar-refractivity contribution in [2.24, 2.45) is 5.92 Å². The molecule has 3 rings (SSSR count). The number of carbonyl (C=O) groups is 2. The van der Waals surface area contributed by atoms with Crippen LogP contribution in [0.25, 0.3) is 0 Å². The maximum Gasteiger partial charge on any atom is 0.243 e. The van der Waals surface area contributed by atoms with Crippen LogP contribution in [0, 0.1) is 5.92 Å². The van der Waals surface area contributed by atoms with Crippen molar-refractivity contribution in [3.63, 3.8) is 0 Å². The van der Waals surface area contributed by atoms with Crippen LogP contribution in [0.3, 0.4) is 0 Å². The normalized spacial score (nSPS) is 18.0. The van der Waals surface area contributed by atoms with E-state index in [0.717, 1.165) is 0 Å². The van der Waals surface area contributed by atoms with E-state index in [9.17, 15) is 18.0 Å². The van der Waals surface area contributed by atoms with Crippen LogP contribution in [0.5, 0.6) is 0 Å². The molecule has 0 spiro atoms. The van der Waals surface area contributed by atoms with Crippen LogP contribution in [0.2, 0.25) is 0 Å². The zero-order valence-corrected chi connectivity index (χ0v) is 15.9. The molecule has 7 heteroatoms. The lowest BCUT2D eigenvalue weighted by Gasteiger charge is -2.31. The second kappa shape index (κ2) is 8.02. The average molecular weight is 386 g/mol. The summed E-state index contributed by atoms with van der Waals surface area (Å²) in [6, 6.07) is 15.1. The summed E-state index contributed by atoms with van der Waals surface area (Å²) in [7, 11) is -3.62. The highest BCUT2D eigenvalue weighted by Gasteiger charge is 2.33. The van der Waals surface area contributed by atoms with Gasteiger partial charge in [-0.05, 0) is 44.0 Å². The Hall–Kier alpha value is -2.51. The number of hydrogen-bond donors (Lipinski definition) is 1. The van der Waals surface area contributed by atoms with Crippen LogP contribution < -0.4 is 5.32 Å². The van der Waals surface area contributed by atoms with Crippen molar-refractivity contribution >= 4 is 27.4 Å². The number of amides is 1. The highest BCUT2D eigenvalue weighted by Crippen LogP contribution is 2.25. The molecule has 1 amide bonds. The number of anilines is 1. The van der Waals surface area contributed by atoms with E-state index in [2.05, 4.69) is 5.32 Å². The number of benzene rings is 2. The summed E-state index contributed by atoms with van der Waals surface area (Å²) in [6.07, 6.45) is 1.22. The molecule has 27 heavy (non-hydrogen) atoms. The lowest BCUT2D eigenvalue weighted by atomic mass is 9.98. The lowest BCUT2D eigenvalue weighted by Crippen LogP contribution is -2.43. The van der Waals surface area contributed by atoms with Gasteiger partial charge >= 0.3 is 0 Å². The number of sulfonamides is 1. The SMILES string of the molecule is CC(=O)c1ccccc1NC(=O)C1CCCN(S(=O)(=O)c2ccccc2)C1. The minimum atomic E-state index is -3.62. The number of para-hydroxylation sites is 1. The molecule has 1 heterocycles. The molecule has 0 saturated carbocycles. The van der Waals surface area contributed by atoms with Crippen LogP contribution in [-0.2, 0) is 14.8 Å².